The molecule has 1 heterocycles. The van der Waals surface area contributed by atoms with E-state index in [1.165, 1.54) is 12.1 Å². The molecule has 0 aliphatic carbocycles. The van der Waals surface area contributed by atoms with Crippen LogP contribution in [0.5, 0.6) is 0 Å². The second-order valence-corrected chi connectivity index (χ2v) is 8.84. The highest BCUT2D eigenvalue weighted by atomic mass is 79.9. The maximum absolute atomic E-state index is 12.3. The quantitative estimate of drug-likeness (QED) is 0.469. The topological polar surface area (TPSA) is 118 Å². The molecule has 3 rings (SSSR count). The van der Waals surface area contributed by atoms with Gasteiger partial charge in [0.1, 0.15) is 5.58 Å². The second kappa shape index (κ2) is 8.76. The highest BCUT2D eigenvalue weighted by Gasteiger charge is 2.18. The van der Waals surface area contributed by atoms with Crippen molar-refractivity contribution < 1.29 is 22.4 Å². The molecule has 0 radical (unpaired) electrons. The summed E-state index contributed by atoms with van der Waals surface area (Å²) in [7, 11) is -3.72. The molecule has 0 bridgehead atoms. The molecule has 10 heteroatoms. The summed E-state index contributed by atoms with van der Waals surface area (Å²) in [6.07, 6.45) is -0.158. The van der Waals surface area contributed by atoms with Gasteiger partial charge in [0.25, 0.3) is 0 Å². The van der Waals surface area contributed by atoms with Gasteiger partial charge in [0.15, 0.2) is 5.76 Å². The number of hydrogen-bond acceptors (Lipinski definition) is 5. The van der Waals surface area contributed by atoms with E-state index in [2.05, 4.69) is 31.5 Å². The molecule has 3 aromatic rings. The number of halogens is 1. The highest BCUT2D eigenvalue weighted by Crippen LogP contribution is 2.24. The lowest BCUT2D eigenvalue weighted by molar-refractivity contribution is -0.121. The molecule has 0 fully saturated rings. The van der Waals surface area contributed by atoms with E-state index in [1.54, 1.807) is 31.2 Å². The number of amides is 2. The van der Waals surface area contributed by atoms with Gasteiger partial charge in [-0.2, -0.15) is 0 Å². The molecular formula is C19H18BrN3O5S. The van der Waals surface area contributed by atoms with E-state index in [4.69, 9.17) is 4.42 Å². The van der Waals surface area contributed by atoms with Gasteiger partial charge in [0, 0.05) is 28.4 Å². The summed E-state index contributed by atoms with van der Waals surface area (Å²) in [5.74, 6) is -1.05. The fourth-order valence-corrected chi connectivity index (χ4v) is 3.93. The SMILES string of the molecule is Cc1c(C(=O)NNC(=O)CCNS(=O)(=O)c2ccc(Br)cc2)oc2ccccc12. The van der Waals surface area contributed by atoms with Crippen molar-refractivity contribution in [3.8, 4) is 0 Å². The molecular weight excluding hydrogens is 462 g/mol. The number of carbonyl (C=O) groups is 2. The summed E-state index contributed by atoms with van der Waals surface area (Å²) < 4.78 is 32.9. The summed E-state index contributed by atoms with van der Waals surface area (Å²) in [5, 5.41) is 0.811. The number of para-hydroxylation sites is 1. The van der Waals surface area contributed by atoms with Crippen LogP contribution in [0.1, 0.15) is 22.5 Å². The van der Waals surface area contributed by atoms with E-state index in [0.29, 0.717) is 11.1 Å². The third kappa shape index (κ3) is 5.03. The molecule has 152 valence electrons. The van der Waals surface area contributed by atoms with Gasteiger partial charge in [-0.15, -0.1) is 0 Å². The Balaban J connectivity index is 1.50. The zero-order valence-electron chi connectivity index (χ0n) is 15.4. The monoisotopic (exact) mass is 479 g/mol. The van der Waals surface area contributed by atoms with Gasteiger partial charge >= 0.3 is 5.91 Å². The van der Waals surface area contributed by atoms with Crippen LogP contribution in [0.15, 0.2) is 62.3 Å². The number of rotatable bonds is 6. The predicted molar refractivity (Wildman–Crippen MR) is 111 cm³/mol. The first-order valence-corrected chi connectivity index (χ1v) is 10.9. The van der Waals surface area contributed by atoms with Crippen LogP contribution in [0.25, 0.3) is 11.0 Å². The van der Waals surface area contributed by atoms with Gasteiger partial charge < -0.3 is 4.42 Å². The van der Waals surface area contributed by atoms with Crippen molar-refractivity contribution >= 4 is 48.7 Å². The van der Waals surface area contributed by atoms with Gasteiger partial charge in [-0.25, -0.2) is 13.1 Å². The van der Waals surface area contributed by atoms with Gasteiger partial charge in [0.05, 0.1) is 4.90 Å². The molecule has 0 unspecified atom stereocenters. The van der Waals surface area contributed by atoms with Crippen molar-refractivity contribution in [2.24, 2.45) is 0 Å². The van der Waals surface area contributed by atoms with E-state index < -0.39 is 21.8 Å². The Morgan fingerprint density at radius 1 is 1.03 bits per heavy atom. The Labute approximate surface area is 175 Å². The van der Waals surface area contributed by atoms with E-state index in [-0.39, 0.29) is 23.6 Å². The fourth-order valence-electron chi connectivity index (χ4n) is 2.63. The number of sulfonamides is 1. The number of aryl methyl sites for hydroxylation is 1. The van der Waals surface area contributed by atoms with Crippen molar-refractivity contribution in [2.45, 2.75) is 18.2 Å². The van der Waals surface area contributed by atoms with Gasteiger partial charge in [-0.3, -0.25) is 20.4 Å². The Morgan fingerprint density at radius 2 is 1.72 bits per heavy atom. The first-order chi connectivity index (χ1) is 13.8. The molecule has 2 aromatic carbocycles. The van der Waals surface area contributed by atoms with Crippen LogP contribution in [0.4, 0.5) is 0 Å². The minimum Gasteiger partial charge on any atom is -0.451 e. The predicted octanol–water partition coefficient (Wildman–Crippen LogP) is 2.63. The molecule has 2 amide bonds. The lowest BCUT2D eigenvalue weighted by Crippen LogP contribution is -2.42. The summed E-state index contributed by atoms with van der Waals surface area (Å²) >= 11 is 3.23. The highest BCUT2D eigenvalue weighted by molar-refractivity contribution is 9.10. The smallest absolute Gasteiger partial charge is 0.305 e. The zero-order chi connectivity index (χ0) is 21.0. The van der Waals surface area contributed by atoms with E-state index in [0.717, 1.165) is 9.86 Å². The summed E-state index contributed by atoms with van der Waals surface area (Å²) in [4.78, 5) is 24.2. The molecule has 0 atom stereocenters. The normalized spacial score (nSPS) is 11.4. The minimum absolute atomic E-state index is 0.0924. The Bertz CT molecular complexity index is 1160. The van der Waals surface area contributed by atoms with Crippen molar-refractivity contribution in [3.63, 3.8) is 0 Å². The number of fused-ring (bicyclic) bond motifs is 1. The largest absolute Gasteiger partial charge is 0.451 e. The first kappa shape index (κ1) is 21.0. The number of benzene rings is 2. The maximum Gasteiger partial charge on any atom is 0.305 e. The van der Waals surface area contributed by atoms with E-state index >= 15 is 0 Å². The van der Waals surface area contributed by atoms with Crippen LogP contribution in [-0.2, 0) is 14.8 Å². The Hall–Kier alpha value is -2.69. The van der Waals surface area contributed by atoms with Crippen molar-refractivity contribution in [1.82, 2.24) is 15.6 Å². The van der Waals surface area contributed by atoms with Crippen LogP contribution < -0.4 is 15.6 Å². The molecule has 3 N–H and O–H groups in total. The molecule has 1 aromatic heterocycles. The second-order valence-electron chi connectivity index (χ2n) is 6.16. The average Bonchev–Trinajstić information content (AvgIpc) is 3.03. The minimum atomic E-state index is -3.72. The third-order valence-corrected chi connectivity index (χ3v) is 6.14. The summed E-state index contributed by atoms with van der Waals surface area (Å²) in [6.45, 7) is 1.63. The molecule has 0 aliphatic rings. The van der Waals surface area contributed by atoms with E-state index in [1.807, 2.05) is 12.1 Å². The number of hydrazine groups is 1. The molecule has 29 heavy (non-hydrogen) atoms. The number of carbonyl (C=O) groups excluding carboxylic acids is 2. The number of furan rings is 1. The van der Waals surface area contributed by atoms with Crippen LogP contribution in [0.2, 0.25) is 0 Å². The summed E-state index contributed by atoms with van der Waals surface area (Å²) in [5.41, 5.74) is 5.75. The molecule has 8 nitrogen and oxygen atoms in total. The molecule has 0 spiro atoms. The Kier molecular flexibility index (Phi) is 6.36. The number of hydrogen-bond donors (Lipinski definition) is 3. The molecule has 0 aliphatic heterocycles. The van der Waals surface area contributed by atoms with Crippen molar-refractivity contribution in [2.75, 3.05) is 6.54 Å². The van der Waals surface area contributed by atoms with Gasteiger partial charge in [-0.1, -0.05) is 34.1 Å². The maximum atomic E-state index is 12.3. The number of nitrogens with one attached hydrogen (secondary N) is 3. The van der Waals surface area contributed by atoms with Gasteiger partial charge in [0.2, 0.25) is 15.9 Å². The van der Waals surface area contributed by atoms with Crippen LogP contribution in [0, 0.1) is 6.92 Å². The molecule has 0 saturated heterocycles. The zero-order valence-corrected chi connectivity index (χ0v) is 17.8. The molecule has 0 saturated carbocycles. The average molecular weight is 480 g/mol. The van der Waals surface area contributed by atoms with Crippen LogP contribution in [0.3, 0.4) is 0 Å². The summed E-state index contributed by atoms with van der Waals surface area (Å²) in [6, 6.07) is 13.3. The standard InChI is InChI=1S/C19H18BrN3O5S/c1-12-15-4-2-3-5-16(15)28-18(12)19(25)23-22-17(24)10-11-21-29(26,27)14-8-6-13(20)7-9-14/h2-9,21H,10-11H2,1H3,(H,22,24)(H,23,25). The Morgan fingerprint density at radius 3 is 2.41 bits per heavy atom. The van der Waals surface area contributed by atoms with Crippen LogP contribution in [-0.4, -0.2) is 26.8 Å². The van der Waals surface area contributed by atoms with Crippen molar-refractivity contribution in [1.29, 1.82) is 0 Å². The first-order valence-electron chi connectivity index (χ1n) is 8.60. The third-order valence-electron chi connectivity index (χ3n) is 4.13. The van der Waals surface area contributed by atoms with E-state index in [9.17, 15) is 18.0 Å². The van der Waals surface area contributed by atoms with Crippen LogP contribution >= 0.6 is 15.9 Å². The lowest BCUT2D eigenvalue weighted by atomic mass is 10.1. The van der Waals surface area contributed by atoms with Gasteiger partial charge in [-0.05, 0) is 37.3 Å². The fraction of sp³-hybridized carbons (Fsp3) is 0.158. The lowest BCUT2D eigenvalue weighted by Gasteiger charge is -2.08. The van der Waals surface area contributed by atoms with Crippen molar-refractivity contribution in [3.05, 3.63) is 64.3 Å².